The van der Waals surface area contributed by atoms with Crippen molar-refractivity contribution in [3.63, 3.8) is 0 Å². The van der Waals surface area contributed by atoms with E-state index in [1.165, 1.54) is 0 Å². The van der Waals surface area contributed by atoms with Crippen molar-refractivity contribution in [3.8, 4) is 0 Å². The van der Waals surface area contributed by atoms with Crippen LogP contribution < -0.4 is 11.1 Å². The standard InChI is InChI=1S/C12H17N3O/c13-10-8-15(9-10)7-6-12(16)14-11-4-2-1-3-5-11/h1-5,10H,6-9,13H2,(H,14,16). The second kappa shape index (κ2) is 5.09. The van der Waals surface area contributed by atoms with Crippen LogP contribution in [0.2, 0.25) is 0 Å². The molecule has 3 N–H and O–H groups in total. The smallest absolute Gasteiger partial charge is 0.225 e. The zero-order valence-corrected chi connectivity index (χ0v) is 9.23. The number of nitrogens with zero attached hydrogens (tertiary/aromatic N) is 1. The number of anilines is 1. The summed E-state index contributed by atoms with van der Waals surface area (Å²) in [4.78, 5) is 13.8. The fraction of sp³-hybridized carbons (Fsp3) is 0.417. The van der Waals surface area contributed by atoms with E-state index in [0.717, 1.165) is 25.3 Å². The number of hydrogen-bond acceptors (Lipinski definition) is 3. The molecule has 1 aromatic carbocycles. The fourth-order valence-electron chi connectivity index (χ4n) is 1.80. The first-order valence-corrected chi connectivity index (χ1v) is 5.57. The third-order valence-electron chi connectivity index (χ3n) is 2.70. The van der Waals surface area contributed by atoms with Gasteiger partial charge in [0.2, 0.25) is 5.91 Å². The Morgan fingerprint density at radius 1 is 1.38 bits per heavy atom. The highest BCUT2D eigenvalue weighted by Gasteiger charge is 2.22. The number of hydrogen-bond donors (Lipinski definition) is 2. The van der Waals surface area contributed by atoms with Gasteiger partial charge in [-0.2, -0.15) is 0 Å². The van der Waals surface area contributed by atoms with Crippen LogP contribution in [0.1, 0.15) is 6.42 Å². The van der Waals surface area contributed by atoms with Gasteiger partial charge in [-0.25, -0.2) is 0 Å². The van der Waals surface area contributed by atoms with Crippen LogP contribution in [0, 0.1) is 0 Å². The molecule has 16 heavy (non-hydrogen) atoms. The maximum absolute atomic E-state index is 11.6. The van der Waals surface area contributed by atoms with Crippen LogP contribution in [-0.2, 0) is 4.79 Å². The fourth-order valence-corrected chi connectivity index (χ4v) is 1.80. The van der Waals surface area contributed by atoms with Gasteiger partial charge in [-0.3, -0.25) is 9.69 Å². The van der Waals surface area contributed by atoms with E-state index in [1.54, 1.807) is 0 Å². The van der Waals surface area contributed by atoms with Crippen molar-refractivity contribution in [3.05, 3.63) is 30.3 Å². The van der Waals surface area contributed by atoms with Gasteiger partial charge in [-0.15, -0.1) is 0 Å². The van der Waals surface area contributed by atoms with Crippen LogP contribution in [-0.4, -0.2) is 36.5 Å². The van der Waals surface area contributed by atoms with Crippen molar-refractivity contribution in [2.45, 2.75) is 12.5 Å². The Morgan fingerprint density at radius 3 is 2.69 bits per heavy atom. The molecule has 4 nitrogen and oxygen atoms in total. The molecular formula is C12H17N3O. The Labute approximate surface area is 95.4 Å². The van der Waals surface area contributed by atoms with E-state index in [2.05, 4.69) is 10.2 Å². The second-order valence-electron chi connectivity index (χ2n) is 4.18. The summed E-state index contributed by atoms with van der Waals surface area (Å²) in [5.74, 6) is 0.0617. The molecule has 0 saturated carbocycles. The number of para-hydroxylation sites is 1. The normalized spacial score (nSPS) is 16.8. The minimum atomic E-state index is 0.0617. The molecule has 0 radical (unpaired) electrons. The number of rotatable bonds is 4. The average Bonchev–Trinajstić information content (AvgIpc) is 2.24. The maximum atomic E-state index is 11.6. The van der Waals surface area contributed by atoms with E-state index in [-0.39, 0.29) is 5.91 Å². The molecule has 1 heterocycles. The van der Waals surface area contributed by atoms with Gasteiger partial charge >= 0.3 is 0 Å². The highest BCUT2D eigenvalue weighted by Crippen LogP contribution is 2.08. The van der Waals surface area contributed by atoms with Crippen LogP contribution in [0.15, 0.2) is 30.3 Å². The minimum absolute atomic E-state index is 0.0617. The first-order valence-electron chi connectivity index (χ1n) is 5.57. The van der Waals surface area contributed by atoms with Crippen molar-refractivity contribution in [1.29, 1.82) is 0 Å². The van der Waals surface area contributed by atoms with Gasteiger partial charge in [0.25, 0.3) is 0 Å². The predicted octanol–water partition coefficient (Wildman–Crippen LogP) is 0.658. The molecule has 0 bridgehead atoms. The maximum Gasteiger partial charge on any atom is 0.225 e. The van der Waals surface area contributed by atoms with Gasteiger partial charge in [0.15, 0.2) is 0 Å². The molecule has 0 aromatic heterocycles. The van der Waals surface area contributed by atoms with E-state index >= 15 is 0 Å². The van der Waals surface area contributed by atoms with E-state index in [1.807, 2.05) is 30.3 Å². The molecule has 0 spiro atoms. The van der Waals surface area contributed by atoms with Gasteiger partial charge in [0, 0.05) is 37.8 Å². The predicted molar refractivity (Wildman–Crippen MR) is 64.1 cm³/mol. The molecule has 0 atom stereocenters. The Hall–Kier alpha value is -1.39. The van der Waals surface area contributed by atoms with Gasteiger partial charge < -0.3 is 11.1 Å². The van der Waals surface area contributed by atoms with Crippen LogP contribution in [0.25, 0.3) is 0 Å². The number of carbonyl (C=O) groups is 1. The first-order chi connectivity index (χ1) is 7.74. The average molecular weight is 219 g/mol. The molecule has 1 amide bonds. The summed E-state index contributed by atoms with van der Waals surface area (Å²) in [6.45, 7) is 2.63. The lowest BCUT2D eigenvalue weighted by Crippen LogP contribution is -2.56. The van der Waals surface area contributed by atoms with E-state index in [9.17, 15) is 4.79 Å². The monoisotopic (exact) mass is 219 g/mol. The molecule has 0 unspecified atom stereocenters. The summed E-state index contributed by atoms with van der Waals surface area (Å²) in [7, 11) is 0. The van der Waals surface area contributed by atoms with Crippen molar-refractivity contribution in [2.24, 2.45) is 5.73 Å². The van der Waals surface area contributed by atoms with E-state index in [4.69, 9.17) is 5.73 Å². The quantitative estimate of drug-likeness (QED) is 0.782. The minimum Gasteiger partial charge on any atom is -0.326 e. The molecular weight excluding hydrogens is 202 g/mol. The number of likely N-dealkylation sites (tertiary alicyclic amines) is 1. The van der Waals surface area contributed by atoms with E-state index in [0.29, 0.717) is 12.5 Å². The lowest BCUT2D eigenvalue weighted by molar-refractivity contribution is -0.116. The summed E-state index contributed by atoms with van der Waals surface area (Å²) in [6, 6.07) is 9.82. The van der Waals surface area contributed by atoms with Gasteiger partial charge in [0.1, 0.15) is 0 Å². The Balaban J connectivity index is 1.69. The summed E-state index contributed by atoms with van der Waals surface area (Å²) in [5, 5.41) is 2.86. The summed E-state index contributed by atoms with van der Waals surface area (Å²) in [6.07, 6.45) is 0.529. The zero-order valence-electron chi connectivity index (χ0n) is 9.23. The van der Waals surface area contributed by atoms with Crippen molar-refractivity contribution in [1.82, 2.24) is 4.90 Å². The van der Waals surface area contributed by atoms with Crippen molar-refractivity contribution < 1.29 is 4.79 Å². The SMILES string of the molecule is NC1CN(CCC(=O)Nc2ccccc2)C1. The van der Waals surface area contributed by atoms with Crippen LogP contribution >= 0.6 is 0 Å². The first kappa shape index (κ1) is 11.1. The summed E-state index contributed by atoms with van der Waals surface area (Å²) < 4.78 is 0. The lowest BCUT2D eigenvalue weighted by atomic mass is 10.1. The Bertz CT molecular complexity index is 347. The number of carbonyl (C=O) groups excluding carboxylic acids is 1. The van der Waals surface area contributed by atoms with Gasteiger partial charge in [-0.05, 0) is 12.1 Å². The lowest BCUT2D eigenvalue weighted by Gasteiger charge is -2.36. The number of benzene rings is 1. The third-order valence-corrected chi connectivity index (χ3v) is 2.70. The number of amides is 1. The molecule has 1 aromatic rings. The highest BCUT2D eigenvalue weighted by atomic mass is 16.1. The molecule has 86 valence electrons. The zero-order chi connectivity index (χ0) is 11.4. The van der Waals surface area contributed by atoms with Crippen LogP contribution in [0.3, 0.4) is 0 Å². The molecule has 0 aliphatic carbocycles. The largest absolute Gasteiger partial charge is 0.326 e. The molecule has 1 fully saturated rings. The number of nitrogens with two attached hydrogens (primary N) is 1. The second-order valence-corrected chi connectivity index (χ2v) is 4.18. The molecule has 4 heteroatoms. The topological polar surface area (TPSA) is 58.4 Å². The Kier molecular flexibility index (Phi) is 3.54. The van der Waals surface area contributed by atoms with Crippen LogP contribution in [0.5, 0.6) is 0 Å². The third kappa shape index (κ3) is 3.05. The van der Waals surface area contributed by atoms with Gasteiger partial charge in [-0.1, -0.05) is 18.2 Å². The van der Waals surface area contributed by atoms with Crippen LogP contribution in [0.4, 0.5) is 5.69 Å². The van der Waals surface area contributed by atoms with Crippen molar-refractivity contribution >= 4 is 11.6 Å². The van der Waals surface area contributed by atoms with Crippen molar-refractivity contribution in [2.75, 3.05) is 25.0 Å². The molecule has 1 aliphatic rings. The summed E-state index contributed by atoms with van der Waals surface area (Å²) in [5.41, 5.74) is 6.51. The van der Waals surface area contributed by atoms with E-state index < -0.39 is 0 Å². The Morgan fingerprint density at radius 2 is 2.06 bits per heavy atom. The molecule has 1 saturated heterocycles. The summed E-state index contributed by atoms with van der Waals surface area (Å²) >= 11 is 0. The molecule has 1 aliphatic heterocycles. The van der Waals surface area contributed by atoms with Gasteiger partial charge in [0.05, 0.1) is 0 Å². The molecule has 2 rings (SSSR count). The highest BCUT2D eigenvalue weighted by molar-refractivity contribution is 5.90. The number of nitrogens with one attached hydrogen (secondary N) is 1.